The van der Waals surface area contributed by atoms with E-state index < -0.39 is 0 Å². The van der Waals surface area contributed by atoms with Gasteiger partial charge in [-0.25, -0.2) is 9.50 Å². The van der Waals surface area contributed by atoms with Crippen LogP contribution in [0.5, 0.6) is 5.75 Å². The van der Waals surface area contributed by atoms with Gasteiger partial charge in [-0.1, -0.05) is 24.6 Å². The van der Waals surface area contributed by atoms with Crippen LogP contribution < -0.4 is 15.8 Å². The van der Waals surface area contributed by atoms with E-state index in [4.69, 9.17) is 22.1 Å². The molecular formula is C25H28ClN7O. The van der Waals surface area contributed by atoms with Crippen LogP contribution in [0, 0.1) is 5.92 Å². The number of nitrogens with two attached hydrogens (primary N) is 1. The van der Waals surface area contributed by atoms with E-state index in [-0.39, 0.29) is 6.04 Å². The second-order valence-corrected chi connectivity index (χ2v) is 9.19. The van der Waals surface area contributed by atoms with Crippen LogP contribution in [-0.4, -0.2) is 43.6 Å². The number of rotatable bonds is 7. The van der Waals surface area contributed by atoms with E-state index in [2.05, 4.69) is 38.3 Å². The number of likely N-dealkylation sites (tertiary alicyclic amines) is 1. The van der Waals surface area contributed by atoms with Crippen molar-refractivity contribution in [1.82, 2.24) is 24.5 Å². The van der Waals surface area contributed by atoms with Gasteiger partial charge in [-0.15, -0.1) is 0 Å². The zero-order chi connectivity index (χ0) is 23.5. The molecular weight excluding hydrogens is 450 g/mol. The van der Waals surface area contributed by atoms with Gasteiger partial charge in [0, 0.05) is 37.2 Å². The van der Waals surface area contributed by atoms with Crippen molar-refractivity contribution >= 4 is 28.6 Å². The fraction of sp³-hybridized carbons (Fsp3) is 0.320. The number of fused-ring (bicyclic) bond motifs is 1. The Bertz CT molecular complexity index is 1260. The first-order valence-electron chi connectivity index (χ1n) is 11.5. The van der Waals surface area contributed by atoms with Crippen LogP contribution in [0.4, 0.5) is 11.5 Å². The molecule has 1 saturated heterocycles. The lowest BCUT2D eigenvalue weighted by atomic mass is 9.94. The van der Waals surface area contributed by atoms with Gasteiger partial charge in [-0.3, -0.25) is 9.88 Å². The lowest BCUT2D eigenvalue weighted by molar-refractivity contribution is 0.158. The van der Waals surface area contributed by atoms with E-state index in [9.17, 15) is 0 Å². The van der Waals surface area contributed by atoms with Crippen molar-refractivity contribution in [1.29, 1.82) is 0 Å². The van der Waals surface area contributed by atoms with Gasteiger partial charge in [0.2, 0.25) is 0 Å². The summed E-state index contributed by atoms with van der Waals surface area (Å²) in [5.74, 6) is 1.82. The molecule has 3 aromatic heterocycles. The smallest absolute Gasteiger partial charge is 0.158 e. The summed E-state index contributed by atoms with van der Waals surface area (Å²) in [5, 5.41) is 8.30. The van der Waals surface area contributed by atoms with Crippen LogP contribution in [0.2, 0.25) is 5.02 Å². The molecule has 3 N–H and O–H groups in total. The Hall–Kier alpha value is -3.20. The van der Waals surface area contributed by atoms with Crippen molar-refractivity contribution in [3.8, 4) is 5.75 Å². The maximum atomic E-state index is 6.50. The molecule has 0 bridgehead atoms. The number of ether oxygens (including phenoxy) is 1. The molecule has 1 aliphatic rings. The van der Waals surface area contributed by atoms with Gasteiger partial charge < -0.3 is 15.8 Å². The van der Waals surface area contributed by atoms with Crippen molar-refractivity contribution in [2.24, 2.45) is 11.7 Å². The van der Waals surface area contributed by atoms with Crippen LogP contribution >= 0.6 is 11.6 Å². The highest BCUT2D eigenvalue weighted by Gasteiger charge is 2.24. The molecule has 176 valence electrons. The Morgan fingerprint density at radius 3 is 2.91 bits per heavy atom. The summed E-state index contributed by atoms with van der Waals surface area (Å²) in [7, 11) is 0. The molecule has 0 radical (unpaired) electrons. The van der Waals surface area contributed by atoms with Crippen LogP contribution in [0.3, 0.4) is 0 Å². The highest BCUT2D eigenvalue weighted by molar-refractivity contribution is 6.32. The summed E-state index contributed by atoms with van der Waals surface area (Å²) >= 11 is 6.50. The molecule has 0 unspecified atom stereocenters. The average molecular weight is 478 g/mol. The fourth-order valence-electron chi connectivity index (χ4n) is 4.34. The van der Waals surface area contributed by atoms with E-state index in [1.807, 2.05) is 47.1 Å². The summed E-state index contributed by atoms with van der Waals surface area (Å²) < 4.78 is 7.70. The highest BCUT2D eigenvalue weighted by Crippen LogP contribution is 2.31. The largest absolute Gasteiger partial charge is 0.486 e. The zero-order valence-corrected chi connectivity index (χ0v) is 19.8. The third-order valence-electron chi connectivity index (χ3n) is 6.28. The molecule has 9 heteroatoms. The molecule has 2 atom stereocenters. The van der Waals surface area contributed by atoms with Gasteiger partial charge in [-0.2, -0.15) is 5.10 Å². The van der Waals surface area contributed by atoms with Gasteiger partial charge in [0.05, 0.1) is 10.7 Å². The number of hydrogen-bond donors (Lipinski definition) is 2. The molecule has 8 nitrogen and oxygen atoms in total. The first-order valence-corrected chi connectivity index (χ1v) is 11.8. The molecule has 0 spiro atoms. The molecule has 5 rings (SSSR count). The Balaban J connectivity index is 1.32. The van der Waals surface area contributed by atoms with Crippen molar-refractivity contribution in [3.05, 3.63) is 77.5 Å². The van der Waals surface area contributed by atoms with Gasteiger partial charge in [0.25, 0.3) is 0 Å². The number of nitrogens with one attached hydrogen (secondary N) is 1. The van der Waals surface area contributed by atoms with Gasteiger partial charge in [-0.05, 0) is 60.8 Å². The topological polar surface area (TPSA) is 93.6 Å². The Labute approximate surface area is 203 Å². The second kappa shape index (κ2) is 9.97. The van der Waals surface area contributed by atoms with Crippen LogP contribution in [-0.2, 0) is 13.2 Å². The minimum absolute atomic E-state index is 0.281. The molecule has 4 aromatic rings. The van der Waals surface area contributed by atoms with E-state index in [1.54, 1.807) is 12.5 Å². The SMILES string of the molecule is C[C@H]1CN(Cc2ccn3ncnc(Nc4ccc(OCc5ccccn5)c(Cl)c4)c23)CC[C@H]1N. The second-order valence-electron chi connectivity index (χ2n) is 8.79. The number of pyridine rings is 1. The Morgan fingerprint density at radius 1 is 1.21 bits per heavy atom. The Kier molecular flexibility index (Phi) is 6.62. The average Bonchev–Trinajstić information content (AvgIpc) is 3.25. The zero-order valence-electron chi connectivity index (χ0n) is 19.1. The maximum Gasteiger partial charge on any atom is 0.158 e. The van der Waals surface area contributed by atoms with Crippen LogP contribution in [0.15, 0.2) is 61.2 Å². The van der Waals surface area contributed by atoms with E-state index >= 15 is 0 Å². The van der Waals surface area contributed by atoms with Gasteiger partial charge >= 0.3 is 0 Å². The van der Waals surface area contributed by atoms with Crippen molar-refractivity contribution in [3.63, 3.8) is 0 Å². The third kappa shape index (κ3) is 4.99. The number of hydrogen-bond acceptors (Lipinski definition) is 7. The summed E-state index contributed by atoms with van der Waals surface area (Å²) in [6.07, 6.45) is 6.28. The molecule has 1 fully saturated rings. The summed E-state index contributed by atoms with van der Waals surface area (Å²) in [4.78, 5) is 11.2. The molecule has 4 heterocycles. The summed E-state index contributed by atoms with van der Waals surface area (Å²) in [5.41, 5.74) is 9.99. The van der Waals surface area contributed by atoms with Crippen LogP contribution in [0.1, 0.15) is 24.6 Å². The monoisotopic (exact) mass is 477 g/mol. The molecule has 0 aliphatic carbocycles. The molecule has 0 amide bonds. The highest BCUT2D eigenvalue weighted by atomic mass is 35.5. The molecule has 1 aliphatic heterocycles. The molecule has 1 aromatic carbocycles. The molecule has 0 saturated carbocycles. The number of halogens is 1. The Morgan fingerprint density at radius 2 is 2.12 bits per heavy atom. The normalized spacial score (nSPS) is 18.8. The quantitative estimate of drug-likeness (QED) is 0.410. The van der Waals surface area contributed by atoms with Crippen LogP contribution in [0.25, 0.3) is 5.52 Å². The van der Waals surface area contributed by atoms with E-state index in [0.717, 1.165) is 48.8 Å². The minimum atomic E-state index is 0.281. The van der Waals surface area contributed by atoms with Crippen molar-refractivity contribution in [2.45, 2.75) is 32.5 Å². The number of benzene rings is 1. The van der Waals surface area contributed by atoms with E-state index in [1.165, 1.54) is 5.56 Å². The lowest BCUT2D eigenvalue weighted by Crippen LogP contribution is -2.45. The number of anilines is 2. The standard InChI is InChI=1S/C25H28ClN7O/c1-17-13-32(10-8-22(17)27)14-18-7-11-33-24(18)25(29-16-30-33)31-19-5-6-23(21(26)12-19)34-15-20-4-2-3-9-28-20/h2-7,9,11-12,16-17,22H,8,10,13-15,27H2,1H3,(H,29,30,31)/t17-,22+/m0/s1. The minimum Gasteiger partial charge on any atom is -0.486 e. The number of nitrogens with zero attached hydrogens (tertiary/aromatic N) is 5. The first-order chi connectivity index (χ1) is 16.6. The lowest BCUT2D eigenvalue weighted by Gasteiger charge is -2.35. The maximum absolute atomic E-state index is 6.50. The predicted molar refractivity (Wildman–Crippen MR) is 133 cm³/mol. The van der Waals surface area contributed by atoms with E-state index in [0.29, 0.717) is 23.3 Å². The van der Waals surface area contributed by atoms with Gasteiger partial charge in [0.15, 0.2) is 5.82 Å². The fourth-order valence-corrected chi connectivity index (χ4v) is 4.57. The molecule has 34 heavy (non-hydrogen) atoms. The van der Waals surface area contributed by atoms with Crippen molar-refractivity contribution < 1.29 is 4.74 Å². The summed E-state index contributed by atoms with van der Waals surface area (Å²) in [6, 6.07) is 13.7. The van der Waals surface area contributed by atoms with Crippen molar-refractivity contribution in [2.75, 3.05) is 18.4 Å². The third-order valence-corrected chi connectivity index (χ3v) is 6.58. The first kappa shape index (κ1) is 22.6. The van der Waals surface area contributed by atoms with Gasteiger partial charge in [0.1, 0.15) is 24.2 Å². The number of aromatic nitrogens is 4. The summed E-state index contributed by atoms with van der Waals surface area (Å²) in [6.45, 7) is 5.39. The number of piperidine rings is 1. The predicted octanol–water partition coefficient (Wildman–Crippen LogP) is 4.27.